The van der Waals surface area contributed by atoms with Crippen molar-refractivity contribution in [1.29, 1.82) is 0 Å². The molecule has 238 valence electrons. The summed E-state index contributed by atoms with van der Waals surface area (Å²) in [5.74, 6) is -6.72. The van der Waals surface area contributed by atoms with Gasteiger partial charge in [0.1, 0.15) is 12.7 Å². The molecule has 1 aromatic carbocycles. The Morgan fingerprint density at radius 1 is 1.14 bits per heavy atom. The van der Waals surface area contributed by atoms with Crippen LogP contribution in [0.5, 0.6) is 11.5 Å². The standard InChI is InChI=1S/C31H38N2O11/c1-18(2)30(38)43-17-42-27-24(40-4)10-12-32-26(27)28(35)33-16-21(29(36)37)15-22-19(3)44-25(34)11-13-41-31(39)23(22)14-20-8-6-5-7-9-20/h5-10,12,18-19,21-23H,11,13-17H2,1-4H3,(H,33,35)(H,36,37)/t19-,21?,22-,23+/m0/s1. The first kappa shape index (κ1) is 33.8. The summed E-state index contributed by atoms with van der Waals surface area (Å²) in [6.45, 7) is 3.93. The quantitative estimate of drug-likeness (QED) is 0.192. The number of aromatic nitrogens is 1. The fourth-order valence-corrected chi connectivity index (χ4v) is 4.76. The van der Waals surface area contributed by atoms with Crippen LogP contribution in [0, 0.1) is 23.7 Å². The predicted octanol–water partition coefficient (Wildman–Crippen LogP) is 2.80. The van der Waals surface area contributed by atoms with Gasteiger partial charge in [-0.05, 0) is 25.3 Å². The van der Waals surface area contributed by atoms with Gasteiger partial charge in [-0.1, -0.05) is 44.2 Å². The Balaban J connectivity index is 1.81. The number of benzene rings is 1. The lowest BCUT2D eigenvalue weighted by molar-refractivity contribution is -0.155. The lowest BCUT2D eigenvalue weighted by atomic mass is 9.78. The summed E-state index contributed by atoms with van der Waals surface area (Å²) in [6.07, 6.45) is 0.502. The van der Waals surface area contributed by atoms with Crippen LogP contribution >= 0.6 is 0 Å². The van der Waals surface area contributed by atoms with Crippen LogP contribution in [0.15, 0.2) is 42.6 Å². The van der Waals surface area contributed by atoms with Crippen LogP contribution in [-0.2, 0) is 39.8 Å². The molecule has 2 N–H and O–H groups in total. The molecule has 0 radical (unpaired) electrons. The normalized spacial score (nSPS) is 19.3. The maximum atomic E-state index is 13.2. The van der Waals surface area contributed by atoms with Crippen molar-refractivity contribution < 1.29 is 52.8 Å². The van der Waals surface area contributed by atoms with Crippen molar-refractivity contribution >= 4 is 29.8 Å². The van der Waals surface area contributed by atoms with Gasteiger partial charge in [-0.15, -0.1) is 0 Å². The van der Waals surface area contributed by atoms with Crippen molar-refractivity contribution in [3.8, 4) is 11.5 Å². The second kappa shape index (κ2) is 16.2. The zero-order valence-corrected chi connectivity index (χ0v) is 25.1. The molecule has 2 aromatic rings. The van der Waals surface area contributed by atoms with Gasteiger partial charge in [0.2, 0.25) is 6.79 Å². The fourth-order valence-electron chi connectivity index (χ4n) is 4.76. The highest BCUT2D eigenvalue weighted by Crippen LogP contribution is 2.32. The maximum Gasteiger partial charge on any atom is 0.311 e. The van der Waals surface area contributed by atoms with E-state index >= 15 is 0 Å². The number of methoxy groups -OCH3 is 1. The fraction of sp³-hybridized carbons (Fsp3) is 0.484. The Kier molecular flexibility index (Phi) is 12.5. The first-order valence-corrected chi connectivity index (χ1v) is 14.2. The van der Waals surface area contributed by atoms with E-state index < -0.39 is 66.4 Å². The van der Waals surface area contributed by atoms with Crippen molar-refractivity contribution in [1.82, 2.24) is 10.3 Å². The Hall–Kier alpha value is -4.68. The van der Waals surface area contributed by atoms with Crippen molar-refractivity contribution in [2.24, 2.45) is 23.7 Å². The van der Waals surface area contributed by atoms with Crippen LogP contribution in [0.25, 0.3) is 0 Å². The number of carbonyl (C=O) groups excluding carboxylic acids is 4. The van der Waals surface area contributed by atoms with Crippen molar-refractivity contribution in [3.63, 3.8) is 0 Å². The van der Waals surface area contributed by atoms with E-state index in [9.17, 15) is 29.1 Å². The summed E-state index contributed by atoms with van der Waals surface area (Å²) < 4.78 is 26.7. The number of hydrogen-bond acceptors (Lipinski definition) is 11. The van der Waals surface area contributed by atoms with Gasteiger partial charge in [0.15, 0.2) is 17.2 Å². The predicted molar refractivity (Wildman–Crippen MR) is 154 cm³/mol. The van der Waals surface area contributed by atoms with E-state index in [4.69, 9.17) is 23.7 Å². The van der Waals surface area contributed by atoms with Crippen LogP contribution in [0.3, 0.4) is 0 Å². The highest BCUT2D eigenvalue weighted by Gasteiger charge is 2.39. The third kappa shape index (κ3) is 9.41. The lowest BCUT2D eigenvalue weighted by Gasteiger charge is -2.31. The summed E-state index contributed by atoms with van der Waals surface area (Å²) in [5, 5.41) is 12.7. The molecule has 1 aromatic heterocycles. The summed E-state index contributed by atoms with van der Waals surface area (Å²) >= 11 is 0. The second-order valence-electron chi connectivity index (χ2n) is 10.6. The second-order valence-corrected chi connectivity index (χ2v) is 10.6. The highest BCUT2D eigenvalue weighted by molar-refractivity contribution is 5.96. The first-order chi connectivity index (χ1) is 21.0. The Labute approximate surface area is 255 Å². The van der Waals surface area contributed by atoms with E-state index in [0.717, 1.165) is 5.56 Å². The minimum atomic E-state index is -1.23. The van der Waals surface area contributed by atoms with E-state index in [-0.39, 0.29) is 49.6 Å². The van der Waals surface area contributed by atoms with Crippen molar-refractivity contribution in [2.75, 3.05) is 27.1 Å². The van der Waals surface area contributed by atoms with Gasteiger partial charge in [0.25, 0.3) is 5.91 Å². The topological polar surface area (TPSA) is 177 Å². The molecule has 3 rings (SSSR count). The van der Waals surface area contributed by atoms with E-state index in [0.29, 0.717) is 0 Å². The number of carboxylic acid groups (broad SMARTS) is 1. The number of esters is 3. The highest BCUT2D eigenvalue weighted by atomic mass is 16.7. The molecule has 0 saturated carbocycles. The summed E-state index contributed by atoms with van der Waals surface area (Å²) in [4.78, 5) is 67.0. The molecule has 0 bridgehead atoms. The third-order valence-electron chi connectivity index (χ3n) is 7.18. The van der Waals surface area contributed by atoms with Gasteiger partial charge >= 0.3 is 23.9 Å². The van der Waals surface area contributed by atoms with Crippen LogP contribution in [0.1, 0.15) is 49.7 Å². The van der Waals surface area contributed by atoms with Crippen molar-refractivity contribution in [2.45, 2.75) is 46.1 Å². The van der Waals surface area contributed by atoms with Gasteiger partial charge in [-0.2, -0.15) is 0 Å². The van der Waals surface area contributed by atoms with Crippen LogP contribution < -0.4 is 14.8 Å². The van der Waals surface area contributed by atoms with E-state index in [1.165, 1.54) is 19.4 Å². The summed E-state index contributed by atoms with van der Waals surface area (Å²) in [7, 11) is 1.35. The number of amides is 1. The zero-order chi connectivity index (χ0) is 32.2. The number of cyclic esters (lactones) is 2. The lowest BCUT2D eigenvalue weighted by Crippen LogP contribution is -2.40. The minimum Gasteiger partial charge on any atom is -0.493 e. The van der Waals surface area contributed by atoms with Gasteiger partial charge < -0.3 is 34.1 Å². The largest absolute Gasteiger partial charge is 0.493 e. The van der Waals surface area contributed by atoms with E-state index in [1.807, 2.05) is 30.3 Å². The molecule has 1 amide bonds. The maximum absolute atomic E-state index is 13.2. The number of rotatable bonds is 13. The first-order valence-electron chi connectivity index (χ1n) is 14.2. The molecule has 4 atom stereocenters. The molecular formula is C31H38N2O11. The monoisotopic (exact) mass is 614 g/mol. The molecule has 1 aliphatic heterocycles. The summed E-state index contributed by atoms with van der Waals surface area (Å²) in [5.41, 5.74) is 0.609. The molecule has 1 fully saturated rings. The van der Waals surface area contributed by atoms with Gasteiger partial charge in [-0.3, -0.25) is 24.0 Å². The Morgan fingerprint density at radius 3 is 2.52 bits per heavy atom. The smallest absolute Gasteiger partial charge is 0.311 e. The summed E-state index contributed by atoms with van der Waals surface area (Å²) in [6, 6.07) is 10.6. The number of nitrogens with zero attached hydrogens (tertiary/aromatic N) is 1. The molecule has 44 heavy (non-hydrogen) atoms. The number of ether oxygens (including phenoxy) is 5. The molecule has 13 heteroatoms. The third-order valence-corrected chi connectivity index (χ3v) is 7.18. The van der Waals surface area contributed by atoms with Gasteiger partial charge in [-0.25, -0.2) is 4.98 Å². The molecule has 2 heterocycles. The molecule has 1 saturated heterocycles. The van der Waals surface area contributed by atoms with E-state index in [1.54, 1.807) is 20.8 Å². The Bertz CT molecular complexity index is 1310. The number of carbonyl (C=O) groups is 5. The van der Waals surface area contributed by atoms with Crippen LogP contribution in [-0.4, -0.2) is 73.0 Å². The minimum absolute atomic E-state index is 0.0987. The van der Waals surface area contributed by atoms with Crippen LogP contribution in [0.4, 0.5) is 0 Å². The average Bonchev–Trinajstić information content (AvgIpc) is 3.04. The molecule has 1 aliphatic rings. The average molecular weight is 615 g/mol. The Morgan fingerprint density at radius 2 is 1.86 bits per heavy atom. The molecule has 0 spiro atoms. The number of nitrogens with one attached hydrogen (secondary N) is 1. The molecule has 0 aliphatic carbocycles. The molecular weight excluding hydrogens is 576 g/mol. The van der Waals surface area contributed by atoms with Gasteiger partial charge in [0, 0.05) is 24.7 Å². The van der Waals surface area contributed by atoms with Gasteiger partial charge in [0.05, 0.1) is 31.3 Å². The SMILES string of the molecule is COc1ccnc(C(=O)NCC(C[C@H]2[C@H](C)OC(=O)CCOC(=O)[C@@H]2Cc2ccccc2)C(=O)O)c1OCOC(=O)C(C)C. The number of aliphatic carboxylic acids is 1. The molecule has 1 unspecified atom stereocenters. The zero-order valence-electron chi connectivity index (χ0n) is 25.1. The van der Waals surface area contributed by atoms with E-state index in [2.05, 4.69) is 10.3 Å². The molecule has 13 nitrogen and oxygen atoms in total. The number of carboxylic acids is 1. The van der Waals surface area contributed by atoms with Crippen molar-refractivity contribution in [3.05, 3.63) is 53.9 Å². The number of pyridine rings is 1. The number of hydrogen-bond donors (Lipinski definition) is 2. The van der Waals surface area contributed by atoms with Crippen LogP contribution in [0.2, 0.25) is 0 Å².